The molecule has 8 nitrogen and oxygen atoms in total. The maximum Gasteiger partial charge on any atom is 0.141 e. The van der Waals surface area contributed by atoms with Crippen molar-refractivity contribution in [3.05, 3.63) is 81.3 Å². The molecule has 4 aromatic rings. The first kappa shape index (κ1) is 40.0. The van der Waals surface area contributed by atoms with Crippen LogP contribution in [0, 0.1) is 145 Å². The molecule has 4 rings (SSSR count). The van der Waals surface area contributed by atoms with Gasteiger partial charge in [-0.05, 0) is 175 Å². The van der Waals surface area contributed by atoms with E-state index in [2.05, 4.69) is 165 Å². The monoisotopic (exact) mass is 664 g/mol. The first-order valence-corrected chi connectivity index (χ1v) is 14.3. The molecule has 2 aromatic heterocycles. The molecule has 0 saturated heterocycles. The van der Waals surface area contributed by atoms with Gasteiger partial charge in [-0.1, -0.05) is 41.4 Å². The van der Waals surface area contributed by atoms with Gasteiger partial charge in [-0.2, -0.15) is 0 Å². The molecule has 4 N–H and O–H groups in total. The second kappa shape index (κ2) is 24.3. The van der Waals surface area contributed by atoms with Gasteiger partial charge < -0.3 is 15.0 Å². The van der Waals surface area contributed by atoms with E-state index in [9.17, 15) is 0 Å². The number of fused-ring (bicyclic) bond motifs is 1. The summed E-state index contributed by atoms with van der Waals surface area (Å²) < 4.78 is 5.36. The summed E-state index contributed by atoms with van der Waals surface area (Å²) in [6, 6.07) is 15.0. The van der Waals surface area contributed by atoms with E-state index in [1.54, 1.807) is 11.8 Å². The molecule has 254 valence electrons. The van der Waals surface area contributed by atoms with Crippen LogP contribution in [-0.4, -0.2) is 20.6 Å². The number of nitrogens with zero attached hydrogens (tertiary/aromatic N) is 4. The lowest BCUT2D eigenvalue weighted by molar-refractivity contribution is 0.393. The highest BCUT2D eigenvalue weighted by Crippen LogP contribution is 2.31. The number of imidazole rings is 1. The van der Waals surface area contributed by atoms with Crippen molar-refractivity contribution in [1.29, 1.82) is 5.53 Å². The van der Waals surface area contributed by atoms with E-state index in [1.807, 2.05) is 20.8 Å². The minimum Gasteiger partial charge on any atom is -0.412 e. The van der Waals surface area contributed by atoms with Gasteiger partial charge in [0.05, 0.1) is 16.7 Å². The van der Waals surface area contributed by atoms with Gasteiger partial charge in [0.2, 0.25) is 0 Å². The second-order valence-corrected chi connectivity index (χ2v) is 9.16. The van der Waals surface area contributed by atoms with E-state index in [0.29, 0.717) is 0 Å². The van der Waals surface area contributed by atoms with Crippen LogP contribution < -0.4 is 0 Å². The first-order chi connectivity index (χ1) is 23.9. The minimum atomic E-state index is 0. The van der Waals surface area contributed by atoms with Gasteiger partial charge in [-0.3, -0.25) is 0 Å². The van der Waals surface area contributed by atoms with Crippen molar-refractivity contribution in [2.45, 2.75) is 40.5 Å². The van der Waals surface area contributed by atoms with Gasteiger partial charge in [0.1, 0.15) is 11.6 Å². The molecule has 2 aromatic carbocycles. The number of aromatic amines is 1. The van der Waals surface area contributed by atoms with Crippen molar-refractivity contribution in [3.8, 4) is 130 Å². The molecule has 0 aliphatic carbocycles. The number of aryl methyl sites for hydroxylation is 5. The van der Waals surface area contributed by atoms with Crippen molar-refractivity contribution in [2.75, 3.05) is 0 Å². The van der Waals surface area contributed by atoms with Crippen molar-refractivity contribution >= 4 is 11.0 Å². The maximum atomic E-state index is 6.86. The predicted octanol–water partition coefficient (Wildman–Crippen LogP) is 7.62. The summed E-state index contributed by atoms with van der Waals surface area (Å²) in [5.74, 6) is 48.7. The van der Waals surface area contributed by atoms with Crippen LogP contribution in [0.4, 0.5) is 0 Å². The molecule has 0 aliphatic heterocycles. The Hall–Kier alpha value is -8.01. The van der Waals surface area contributed by atoms with E-state index < -0.39 is 0 Å². The van der Waals surface area contributed by atoms with Gasteiger partial charge in [-0.25, -0.2) is 4.98 Å². The van der Waals surface area contributed by atoms with Crippen molar-refractivity contribution < 1.29 is 21.4 Å². The van der Waals surface area contributed by atoms with Crippen molar-refractivity contribution in [2.24, 2.45) is 0 Å². The zero-order chi connectivity index (χ0) is 35.5. The molecule has 2 heterocycles. The maximum absolute atomic E-state index is 6.86. The Balaban J connectivity index is -0.000000119. The highest BCUT2D eigenvalue weighted by Gasteiger charge is 2.15. The van der Waals surface area contributed by atoms with Crippen LogP contribution >= 0.6 is 0 Å². The van der Waals surface area contributed by atoms with Gasteiger partial charge in [0, 0.05) is 28.8 Å². The largest absolute Gasteiger partial charge is 0.412 e. The normalized spacial score (nSPS) is 7.42. The van der Waals surface area contributed by atoms with Crippen LogP contribution in [0.25, 0.3) is 32.6 Å². The number of terminal acetylenes is 1. The Labute approximate surface area is 304 Å². The summed E-state index contributed by atoms with van der Waals surface area (Å²) in [5, 5.41) is 4.10. The smallest absolute Gasteiger partial charge is 0.141 e. The van der Waals surface area contributed by atoms with Gasteiger partial charge in [0.15, 0.2) is 0 Å². The number of benzene rings is 2. The minimum absolute atomic E-state index is 0. The Bertz CT molecular complexity index is 2480. The lowest BCUT2D eigenvalue weighted by Gasteiger charge is -2.07. The second-order valence-electron chi connectivity index (χ2n) is 9.16. The molecule has 50 heavy (non-hydrogen) atoms. The predicted molar refractivity (Wildman–Crippen MR) is 214 cm³/mol. The summed E-state index contributed by atoms with van der Waals surface area (Å²) in [6.07, 6.45) is 6.84. The average Bonchev–Trinajstić information content (AvgIpc) is 3.65. The number of H-pyrrole nitrogens is 1. The van der Waals surface area contributed by atoms with Crippen molar-refractivity contribution in [1.82, 2.24) is 15.1 Å². The molecule has 8 heteroatoms. The quantitative estimate of drug-likeness (QED) is 0.100. The Morgan fingerprint density at radius 3 is 1.76 bits per heavy atom. The molecule has 0 fully saturated rings. The molecule has 0 amide bonds. The Morgan fingerprint density at radius 1 is 0.800 bits per heavy atom. The number of hydrogen-bond donors (Lipinski definition) is 2. The first-order valence-electron chi connectivity index (χ1n) is 14.3. The summed E-state index contributed by atoms with van der Waals surface area (Å²) in [6.45, 7) is 7.64. The fraction of sp³-hybridized carbons (Fsp3) is 0.143. The Morgan fingerprint density at radius 2 is 1.30 bits per heavy atom. The summed E-state index contributed by atoms with van der Waals surface area (Å²) in [5.41, 5.74) is 20.1. The molecule has 0 bridgehead atoms. The molecule has 0 saturated carbocycles. The van der Waals surface area contributed by atoms with Crippen LogP contribution in [0.1, 0.15) is 46.7 Å². The molecule has 0 aliphatic rings. The standard InChI is InChI=1S/C21H21N3O.C21H4.HN3.H2O.8H2/c1-13-20(14(2)25-24-13)18-11-17(10-9-16-7-5-4-6-8-16)21-19(12-18)22-15(3)23-21;1-3-5-7-9-11-13-15-17-19-21-20-18-16-14-12-10-8-6-4-2;1-3-2;;;;;;;;;/h4-8,11-12H,9-10H2,1-3H3,(H,22,23);1H,2H3;1H;1H2;8*1H. The number of hydrogen-bond acceptors (Lipinski definition) is 4. The lowest BCUT2D eigenvalue weighted by Crippen LogP contribution is -1.94. The topological polar surface area (TPSA) is 146 Å². The van der Waals surface area contributed by atoms with E-state index in [4.69, 9.17) is 27.0 Å². The van der Waals surface area contributed by atoms with Crippen LogP contribution in [0.3, 0.4) is 0 Å². The molecular weight excluding hydrogens is 621 g/mol. The zero-order valence-corrected chi connectivity index (χ0v) is 27.7. The molecule has 0 spiro atoms. The highest BCUT2D eigenvalue weighted by atomic mass is 16.5. The number of nitrogens with one attached hydrogen (secondary N) is 2. The van der Waals surface area contributed by atoms with Gasteiger partial charge in [0.25, 0.3) is 0 Å². The number of aromatic nitrogens is 3. The van der Waals surface area contributed by atoms with E-state index in [0.717, 1.165) is 52.3 Å². The van der Waals surface area contributed by atoms with E-state index in [1.165, 1.54) is 11.1 Å². The molecule has 0 atom stereocenters. The summed E-state index contributed by atoms with van der Waals surface area (Å²) in [4.78, 5) is 9.82. The molecule has 0 unspecified atom stereocenters. The Kier molecular flexibility index (Phi) is 19.4. The van der Waals surface area contributed by atoms with E-state index >= 15 is 0 Å². The fourth-order valence-electron chi connectivity index (χ4n) is 4.03. The molecular formula is C42H44N6O2. The van der Waals surface area contributed by atoms with Gasteiger partial charge in [-0.15, -0.1) is 12.0 Å². The highest BCUT2D eigenvalue weighted by molar-refractivity contribution is 5.86. The third-order valence-corrected chi connectivity index (χ3v) is 5.83. The number of rotatable bonds is 4. The average molecular weight is 665 g/mol. The zero-order valence-electron chi connectivity index (χ0n) is 27.7. The summed E-state index contributed by atoms with van der Waals surface area (Å²) >= 11 is 0. The SMILES string of the molecule is C#CC#CC#CC#CC#CC#CC#CC#CC#CC#CC.Cc1nc2c(CCc3ccccc3)cc(-c3c(C)noc3C)cc2[nH]1.O.[HH].[HH].[HH].[HH].[HH].[HH].[HH].[HH].[N-]=[N+]=N. The third kappa shape index (κ3) is 14.8. The fourth-order valence-corrected chi connectivity index (χ4v) is 4.03. The van der Waals surface area contributed by atoms with Crippen LogP contribution in [0.5, 0.6) is 0 Å². The third-order valence-electron chi connectivity index (χ3n) is 5.83. The van der Waals surface area contributed by atoms with Crippen LogP contribution in [0.2, 0.25) is 0 Å². The summed E-state index contributed by atoms with van der Waals surface area (Å²) in [7, 11) is 0. The van der Waals surface area contributed by atoms with Gasteiger partial charge >= 0.3 is 0 Å². The lowest BCUT2D eigenvalue weighted by atomic mass is 9.97. The van der Waals surface area contributed by atoms with Crippen LogP contribution in [0.15, 0.2) is 47.0 Å². The van der Waals surface area contributed by atoms with E-state index in [-0.39, 0.29) is 16.9 Å². The molecule has 0 radical (unpaired) electrons. The van der Waals surface area contributed by atoms with Crippen LogP contribution in [-0.2, 0) is 12.8 Å². The van der Waals surface area contributed by atoms with Crippen molar-refractivity contribution in [3.63, 3.8) is 0 Å².